The minimum atomic E-state index is -3.59. The zero-order chi connectivity index (χ0) is 15.5. The van der Waals surface area contributed by atoms with Crippen LogP contribution >= 0.6 is 11.8 Å². The van der Waals surface area contributed by atoms with Crippen molar-refractivity contribution in [3.8, 4) is 0 Å². The van der Waals surface area contributed by atoms with Gasteiger partial charge >= 0.3 is 0 Å². The summed E-state index contributed by atoms with van der Waals surface area (Å²) in [6, 6.07) is 12.2. The molecule has 0 bridgehead atoms. The SMILES string of the molecule is CSc1ccc(NS(=O)(=O)c2ccc(C)c(CN)c2)cc1. The second-order valence-electron chi connectivity index (χ2n) is 4.63. The van der Waals surface area contributed by atoms with E-state index in [0.717, 1.165) is 16.0 Å². The summed E-state index contributed by atoms with van der Waals surface area (Å²) < 4.78 is 27.3. The van der Waals surface area contributed by atoms with Gasteiger partial charge in [-0.1, -0.05) is 6.07 Å². The number of hydrogen-bond acceptors (Lipinski definition) is 4. The van der Waals surface area contributed by atoms with Gasteiger partial charge in [0.2, 0.25) is 0 Å². The number of nitrogens with two attached hydrogens (primary N) is 1. The predicted molar refractivity (Wildman–Crippen MR) is 88.1 cm³/mol. The summed E-state index contributed by atoms with van der Waals surface area (Å²) in [6.07, 6.45) is 1.97. The Balaban J connectivity index is 2.29. The molecule has 0 saturated carbocycles. The average Bonchev–Trinajstić information content (AvgIpc) is 2.48. The molecule has 2 rings (SSSR count). The van der Waals surface area contributed by atoms with Gasteiger partial charge in [0.1, 0.15) is 0 Å². The Kier molecular flexibility index (Phi) is 4.92. The van der Waals surface area contributed by atoms with Crippen molar-refractivity contribution < 1.29 is 8.42 Å². The largest absolute Gasteiger partial charge is 0.326 e. The summed E-state index contributed by atoms with van der Waals surface area (Å²) in [7, 11) is -3.59. The first kappa shape index (κ1) is 15.9. The highest BCUT2D eigenvalue weighted by molar-refractivity contribution is 7.98. The standard InChI is InChI=1S/C15H18N2O2S2/c1-11-3-8-15(9-12(11)10-16)21(18,19)17-13-4-6-14(20-2)7-5-13/h3-9,17H,10,16H2,1-2H3. The minimum Gasteiger partial charge on any atom is -0.326 e. The second-order valence-corrected chi connectivity index (χ2v) is 7.19. The topological polar surface area (TPSA) is 72.2 Å². The molecule has 0 heterocycles. The lowest BCUT2D eigenvalue weighted by molar-refractivity contribution is 0.601. The van der Waals surface area contributed by atoms with Crippen LogP contribution in [0.4, 0.5) is 5.69 Å². The van der Waals surface area contributed by atoms with E-state index < -0.39 is 10.0 Å². The quantitative estimate of drug-likeness (QED) is 0.830. The summed E-state index contributed by atoms with van der Waals surface area (Å²) >= 11 is 1.61. The molecule has 0 spiro atoms. The van der Waals surface area contributed by atoms with Crippen LogP contribution in [-0.2, 0) is 16.6 Å². The molecule has 0 radical (unpaired) electrons. The summed E-state index contributed by atoms with van der Waals surface area (Å²) in [6.45, 7) is 2.23. The second kappa shape index (κ2) is 6.51. The van der Waals surface area contributed by atoms with Crippen LogP contribution in [0.1, 0.15) is 11.1 Å². The van der Waals surface area contributed by atoms with Crippen LogP contribution in [0.3, 0.4) is 0 Å². The normalized spacial score (nSPS) is 11.4. The van der Waals surface area contributed by atoms with Crippen LogP contribution in [0.2, 0.25) is 0 Å². The summed E-state index contributed by atoms with van der Waals surface area (Å²) in [5.41, 5.74) is 7.99. The highest BCUT2D eigenvalue weighted by Crippen LogP contribution is 2.21. The van der Waals surface area contributed by atoms with Gasteiger partial charge in [-0.15, -0.1) is 11.8 Å². The first-order chi connectivity index (χ1) is 9.96. The molecule has 0 aliphatic carbocycles. The number of nitrogens with one attached hydrogen (secondary N) is 1. The smallest absolute Gasteiger partial charge is 0.261 e. The Hall–Kier alpha value is -1.50. The number of rotatable bonds is 5. The zero-order valence-corrected chi connectivity index (χ0v) is 13.6. The first-order valence-corrected chi connectivity index (χ1v) is 9.13. The number of aryl methyl sites for hydroxylation is 1. The van der Waals surface area contributed by atoms with E-state index in [4.69, 9.17) is 5.73 Å². The fraction of sp³-hybridized carbons (Fsp3) is 0.200. The lowest BCUT2D eigenvalue weighted by Gasteiger charge is -2.11. The van der Waals surface area contributed by atoms with Crippen LogP contribution in [0.15, 0.2) is 52.3 Å². The number of hydrogen-bond donors (Lipinski definition) is 2. The van der Waals surface area contributed by atoms with E-state index >= 15 is 0 Å². The van der Waals surface area contributed by atoms with Crippen molar-refractivity contribution in [2.45, 2.75) is 23.3 Å². The number of sulfonamides is 1. The molecular formula is C15H18N2O2S2. The van der Waals surface area contributed by atoms with Gasteiger partial charge in [0.05, 0.1) is 4.90 Å². The molecule has 0 amide bonds. The molecule has 2 aromatic rings. The fourth-order valence-corrected chi connectivity index (χ4v) is 3.43. The first-order valence-electron chi connectivity index (χ1n) is 6.43. The van der Waals surface area contributed by atoms with Gasteiger partial charge in [-0.25, -0.2) is 8.42 Å². The third-order valence-electron chi connectivity index (χ3n) is 3.19. The maximum atomic E-state index is 12.4. The molecule has 21 heavy (non-hydrogen) atoms. The third-order valence-corrected chi connectivity index (χ3v) is 5.32. The molecule has 0 aliphatic rings. The van der Waals surface area contributed by atoms with E-state index in [9.17, 15) is 8.42 Å². The van der Waals surface area contributed by atoms with Crippen molar-refractivity contribution in [1.82, 2.24) is 0 Å². The van der Waals surface area contributed by atoms with Gasteiger partial charge in [-0.3, -0.25) is 4.72 Å². The molecule has 0 fully saturated rings. The Morgan fingerprint density at radius 3 is 2.38 bits per heavy atom. The highest BCUT2D eigenvalue weighted by atomic mass is 32.2. The lowest BCUT2D eigenvalue weighted by atomic mass is 10.1. The molecular weight excluding hydrogens is 304 g/mol. The Bertz CT molecular complexity index is 726. The molecule has 4 nitrogen and oxygen atoms in total. The zero-order valence-electron chi connectivity index (χ0n) is 12.0. The van der Waals surface area contributed by atoms with Gasteiger partial charge in [0.15, 0.2) is 0 Å². The van der Waals surface area contributed by atoms with Crippen LogP contribution in [0.5, 0.6) is 0 Å². The molecule has 0 aromatic heterocycles. The van der Waals surface area contributed by atoms with Crippen LogP contribution in [0.25, 0.3) is 0 Å². The Morgan fingerprint density at radius 2 is 1.81 bits per heavy atom. The van der Waals surface area contributed by atoms with E-state index in [2.05, 4.69) is 4.72 Å². The fourth-order valence-electron chi connectivity index (χ4n) is 1.91. The van der Waals surface area contributed by atoms with E-state index in [0.29, 0.717) is 12.2 Å². The van der Waals surface area contributed by atoms with Gasteiger partial charge < -0.3 is 5.73 Å². The molecule has 0 aliphatic heterocycles. The molecule has 6 heteroatoms. The maximum absolute atomic E-state index is 12.4. The highest BCUT2D eigenvalue weighted by Gasteiger charge is 2.15. The van der Waals surface area contributed by atoms with Crippen LogP contribution in [-0.4, -0.2) is 14.7 Å². The minimum absolute atomic E-state index is 0.225. The van der Waals surface area contributed by atoms with E-state index in [1.807, 2.05) is 25.3 Å². The van der Waals surface area contributed by atoms with Crippen molar-refractivity contribution in [2.75, 3.05) is 11.0 Å². The van der Waals surface area contributed by atoms with Gasteiger partial charge in [0.25, 0.3) is 10.0 Å². The van der Waals surface area contributed by atoms with E-state index in [-0.39, 0.29) is 4.90 Å². The predicted octanol–water partition coefficient (Wildman–Crippen LogP) is 2.98. The maximum Gasteiger partial charge on any atom is 0.261 e. The number of thioether (sulfide) groups is 1. The molecule has 0 unspecified atom stereocenters. The Labute approximate surface area is 129 Å². The van der Waals surface area contributed by atoms with E-state index in [1.54, 1.807) is 42.1 Å². The van der Waals surface area contributed by atoms with Crippen molar-refractivity contribution >= 4 is 27.5 Å². The van der Waals surface area contributed by atoms with Crippen LogP contribution < -0.4 is 10.5 Å². The van der Waals surface area contributed by atoms with Gasteiger partial charge in [-0.2, -0.15) is 0 Å². The third kappa shape index (κ3) is 3.78. The average molecular weight is 322 g/mol. The molecule has 0 atom stereocenters. The van der Waals surface area contributed by atoms with Crippen molar-refractivity contribution in [3.05, 3.63) is 53.6 Å². The van der Waals surface area contributed by atoms with Crippen molar-refractivity contribution in [1.29, 1.82) is 0 Å². The number of benzene rings is 2. The van der Waals surface area contributed by atoms with Gasteiger partial charge in [-0.05, 0) is 60.7 Å². The Morgan fingerprint density at radius 1 is 1.14 bits per heavy atom. The molecule has 112 valence electrons. The van der Waals surface area contributed by atoms with Crippen molar-refractivity contribution in [2.24, 2.45) is 5.73 Å². The molecule has 0 saturated heterocycles. The van der Waals surface area contributed by atoms with Gasteiger partial charge in [0, 0.05) is 17.1 Å². The molecule has 3 N–H and O–H groups in total. The van der Waals surface area contributed by atoms with Crippen molar-refractivity contribution in [3.63, 3.8) is 0 Å². The van der Waals surface area contributed by atoms with Crippen LogP contribution in [0, 0.1) is 6.92 Å². The lowest BCUT2D eigenvalue weighted by Crippen LogP contribution is -2.14. The summed E-state index contributed by atoms with van der Waals surface area (Å²) in [5, 5.41) is 0. The van der Waals surface area contributed by atoms with E-state index in [1.165, 1.54) is 0 Å². The number of anilines is 1. The monoisotopic (exact) mass is 322 g/mol. The summed E-state index contributed by atoms with van der Waals surface area (Å²) in [5.74, 6) is 0. The summed E-state index contributed by atoms with van der Waals surface area (Å²) in [4.78, 5) is 1.31. The molecule has 2 aromatic carbocycles.